The van der Waals surface area contributed by atoms with Crippen molar-refractivity contribution in [2.24, 2.45) is 0 Å². The van der Waals surface area contributed by atoms with Crippen LogP contribution in [-0.2, 0) is 6.54 Å². The molecule has 0 bridgehead atoms. The first-order valence-corrected chi connectivity index (χ1v) is 6.00. The third-order valence-electron chi connectivity index (χ3n) is 2.80. The van der Waals surface area contributed by atoms with Crippen LogP contribution >= 0.6 is 11.3 Å². The van der Waals surface area contributed by atoms with Crippen molar-refractivity contribution in [1.29, 1.82) is 0 Å². The molecule has 1 N–H and O–H groups in total. The van der Waals surface area contributed by atoms with Gasteiger partial charge in [0.05, 0.1) is 12.1 Å². The van der Waals surface area contributed by atoms with E-state index in [0.29, 0.717) is 12.6 Å². The number of aromatic nitrogens is 1. The molecule has 4 heteroatoms. The lowest BCUT2D eigenvalue weighted by molar-refractivity contribution is 0.0849. The average molecular weight is 212 g/mol. The molecule has 0 radical (unpaired) electrons. The topological polar surface area (TPSA) is 36.4 Å². The monoisotopic (exact) mass is 212 g/mol. The Morgan fingerprint density at radius 3 is 3.21 bits per heavy atom. The van der Waals surface area contributed by atoms with E-state index in [9.17, 15) is 5.11 Å². The first-order valence-electron chi connectivity index (χ1n) is 5.12. The SMILES string of the molecule is OCC1CCCCN1Cc1cncs1. The third kappa shape index (κ3) is 2.32. The van der Waals surface area contributed by atoms with E-state index in [-0.39, 0.29) is 0 Å². The Bertz CT molecular complexity index is 263. The number of aliphatic hydroxyl groups is 1. The summed E-state index contributed by atoms with van der Waals surface area (Å²) < 4.78 is 0. The number of rotatable bonds is 3. The lowest BCUT2D eigenvalue weighted by Crippen LogP contribution is -2.40. The van der Waals surface area contributed by atoms with E-state index in [2.05, 4.69) is 9.88 Å². The van der Waals surface area contributed by atoms with Gasteiger partial charge < -0.3 is 5.11 Å². The Morgan fingerprint density at radius 1 is 1.57 bits per heavy atom. The van der Waals surface area contributed by atoms with Crippen LogP contribution in [0.4, 0.5) is 0 Å². The number of nitrogens with zero attached hydrogens (tertiary/aromatic N) is 2. The molecule has 78 valence electrons. The van der Waals surface area contributed by atoms with Crippen LogP contribution in [0.2, 0.25) is 0 Å². The zero-order valence-electron chi connectivity index (χ0n) is 8.22. The maximum atomic E-state index is 9.24. The van der Waals surface area contributed by atoms with Gasteiger partial charge in [-0.3, -0.25) is 9.88 Å². The van der Waals surface area contributed by atoms with Gasteiger partial charge in [-0.2, -0.15) is 0 Å². The molecular formula is C10H16N2OS. The minimum Gasteiger partial charge on any atom is -0.395 e. The van der Waals surface area contributed by atoms with Crippen LogP contribution in [0.25, 0.3) is 0 Å². The van der Waals surface area contributed by atoms with Gasteiger partial charge in [0.1, 0.15) is 0 Å². The molecule has 1 aliphatic rings. The highest BCUT2D eigenvalue weighted by Gasteiger charge is 2.21. The molecule has 0 spiro atoms. The molecule has 14 heavy (non-hydrogen) atoms. The van der Waals surface area contributed by atoms with Crippen molar-refractivity contribution in [3.8, 4) is 0 Å². The highest BCUT2D eigenvalue weighted by atomic mass is 32.1. The van der Waals surface area contributed by atoms with E-state index in [1.54, 1.807) is 11.3 Å². The molecule has 1 aliphatic heterocycles. The van der Waals surface area contributed by atoms with Crippen LogP contribution in [0.15, 0.2) is 11.7 Å². The van der Waals surface area contributed by atoms with Crippen molar-refractivity contribution >= 4 is 11.3 Å². The van der Waals surface area contributed by atoms with E-state index in [0.717, 1.165) is 19.5 Å². The van der Waals surface area contributed by atoms with Crippen LogP contribution < -0.4 is 0 Å². The second-order valence-electron chi connectivity index (χ2n) is 3.77. The molecule has 0 aliphatic carbocycles. The zero-order valence-corrected chi connectivity index (χ0v) is 9.04. The van der Waals surface area contributed by atoms with Gasteiger partial charge in [0.15, 0.2) is 0 Å². The first kappa shape index (κ1) is 10.1. The van der Waals surface area contributed by atoms with Gasteiger partial charge in [0, 0.05) is 23.7 Å². The zero-order chi connectivity index (χ0) is 9.80. The summed E-state index contributed by atoms with van der Waals surface area (Å²) >= 11 is 1.69. The molecule has 1 unspecified atom stereocenters. The molecule has 1 atom stereocenters. The van der Waals surface area contributed by atoms with Crippen molar-refractivity contribution in [3.05, 3.63) is 16.6 Å². The number of aliphatic hydroxyl groups excluding tert-OH is 1. The Kier molecular flexibility index (Phi) is 3.50. The van der Waals surface area contributed by atoms with Crippen LogP contribution in [0.5, 0.6) is 0 Å². The summed E-state index contributed by atoms with van der Waals surface area (Å²) in [6.07, 6.45) is 5.57. The van der Waals surface area contributed by atoms with Gasteiger partial charge in [-0.15, -0.1) is 11.3 Å². The minimum absolute atomic E-state index is 0.290. The van der Waals surface area contributed by atoms with Gasteiger partial charge in [0.25, 0.3) is 0 Å². The van der Waals surface area contributed by atoms with Crippen LogP contribution in [0.1, 0.15) is 24.1 Å². The molecule has 3 nitrogen and oxygen atoms in total. The number of thiazole rings is 1. The quantitative estimate of drug-likeness (QED) is 0.824. The number of hydrogen-bond acceptors (Lipinski definition) is 4. The maximum Gasteiger partial charge on any atom is 0.0794 e. The molecule has 2 heterocycles. The minimum atomic E-state index is 0.290. The molecule has 1 aromatic rings. The van der Waals surface area contributed by atoms with E-state index >= 15 is 0 Å². The van der Waals surface area contributed by atoms with Gasteiger partial charge in [-0.1, -0.05) is 6.42 Å². The molecule has 0 saturated carbocycles. The summed E-state index contributed by atoms with van der Waals surface area (Å²) in [5.74, 6) is 0. The molecule has 1 fully saturated rings. The number of likely N-dealkylation sites (tertiary alicyclic amines) is 1. The van der Waals surface area contributed by atoms with Gasteiger partial charge >= 0.3 is 0 Å². The fourth-order valence-corrected chi connectivity index (χ4v) is 2.61. The fraction of sp³-hybridized carbons (Fsp3) is 0.700. The van der Waals surface area contributed by atoms with E-state index in [1.165, 1.54) is 17.7 Å². The Hall–Kier alpha value is -0.450. The molecule has 1 saturated heterocycles. The summed E-state index contributed by atoms with van der Waals surface area (Å²) in [6.45, 7) is 2.36. The van der Waals surface area contributed by atoms with E-state index in [1.807, 2.05) is 11.7 Å². The Balaban J connectivity index is 1.94. The molecule has 0 amide bonds. The number of hydrogen-bond donors (Lipinski definition) is 1. The summed E-state index contributed by atoms with van der Waals surface area (Å²) in [7, 11) is 0. The summed E-state index contributed by atoms with van der Waals surface area (Å²) in [6, 6.07) is 0.367. The first-order chi connectivity index (χ1) is 6.90. The largest absolute Gasteiger partial charge is 0.395 e. The lowest BCUT2D eigenvalue weighted by Gasteiger charge is -2.33. The van der Waals surface area contributed by atoms with E-state index in [4.69, 9.17) is 0 Å². The normalized spacial score (nSPS) is 23.9. The standard InChI is InChI=1S/C10H16N2OS/c13-7-9-3-1-2-4-12(9)6-10-5-11-8-14-10/h5,8-9,13H,1-4,6-7H2. The fourth-order valence-electron chi connectivity index (χ4n) is 2.00. The van der Waals surface area contributed by atoms with Gasteiger partial charge in [-0.05, 0) is 19.4 Å². The van der Waals surface area contributed by atoms with Crippen molar-refractivity contribution in [3.63, 3.8) is 0 Å². The second-order valence-corrected chi connectivity index (χ2v) is 4.74. The lowest BCUT2D eigenvalue weighted by atomic mass is 10.0. The predicted octanol–water partition coefficient (Wildman–Crippen LogP) is 1.49. The Labute approximate surface area is 88.4 Å². The molecular weight excluding hydrogens is 196 g/mol. The van der Waals surface area contributed by atoms with Crippen LogP contribution in [-0.4, -0.2) is 34.2 Å². The maximum absolute atomic E-state index is 9.24. The molecule has 1 aromatic heterocycles. The molecule has 0 aromatic carbocycles. The average Bonchev–Trinajstić information content (AvgIpc) is 2.71. The molecule has 2 rings (SSSR count). The van der Waals surface area contributed by atoms with Crippen molar-refractivity contribution in [1.82, 2.24) is 9.88 Å². The third-order valence-corrected chi connectivity index (χ3v) is 3.57. The summed E-state index contributed by atoms with van der Waals surface area (Å²) in [5, 5.41) is 9.24. The van der Waals surface area contributed by atoms with Crippen LogP contribution in [0, 0.1) is 0 Å². The Morgan fingerprint density at radius 2 is 2.50 bits per heavy atom. The second kappa shape index (κ2) is 4.87. The number of piperidine rings is 1. The van der Waals surface area contributed by atoms with Gasteiger partial charge in [0.2, 0.25) is 0 Å². The van der Waals surface area contributed by atoms with Crippen LogP contribution in [0.3, 0.4) is 0 Å². The van der Waals surface area contributed by atoms with Crippen molar-refractivity contribution in [2.45, 2.75) is 31.8 Å². The van der Waals surface area contributed by atoms with Crippen molar-refractivity contribution < 1.29 is 5.11 Å². The highest BCUT2D eigenvalue weighted by molar-refractivity contribution is 7.09. The smallest absolute Gasteiger partial charge is 0.0794 e. The predicted molar refractivity (Wildman–Crippen MR) is 57.2 cm³/mol. The summed E-state index contributed by atoms with van der Waals surface area (Å²) in [4.78, 5) is 7.74. The summed E-state index contributed by atoms with van der Waals surface area (Å²) in [5.41, 5.74) is 1.87. The highest BCUT2D eigenvalue weighted by Crippen LogP contribution is 2.20. The van der Waals surface area contributed by atoms with Crippen molar-refractivity contribution in [2.75, 3.05) is 13.2 Å². The van der Waals surface area contributed by atoms with E-state index < -0.39 is 0 Å². The van der Waals surface area contributed by atoms with Gasteiger partial charge in [-0.25, -0.2) is 0 Å².